The van der Waals surface area contributed by atoms with Gasteiger partial charge in [-0.05, 0) is 80.7 Å². The van der Waals surface area contributed by atoms with Crippen molar-refractivity contribution < 1.29 is 0 Å². The van der Waals surface area contributed by atoms with Gasteiger partial charge in [-0.25, -0.2) is 0 Å². The second-order valence-electron chi connectivity index (χ2n) is 6.25. The van der Waals surface area contributed by atoms with Crippen LogP contribution in [0.25, 0.3) is 0 Å². The molecule has 0 aromatic heterocycles. The first-order valence-electron chi connectivity index (χ1n) is 6.64. The molecule has 78 valence electrons. The normalized spacial score (nSPS) is 53.6. The van der Waals surface area contributed by atoms with Crippen LogP contribution in [0.4, 0.5) is 0 Å². The number of rotatable bonds is 4. The van der Waals surface area contributed by atoms with E-state index in [1.807, 2.05) is 0 Å². The van der Waals surface area contributed by atoms with Crippen LogP contribution in [0.3, 0.4) is 0 Å². The zero-order valence-electron chi connectivity index (χ0n) is 8.91. The van der Waals surface area contributed by atoms with Crippen molar-refractivity contribution in [2.45, 2.75) is 32.1 Å². The average Bonchev–Trinajstić information content (AvgIpc) is 3.08. The Hall–Kier alpha value is -0.0400. The van der Waals surface area contributed by atoms with Crippen LogP contribution in [0.1, 0.15) is 32.1 Å². The smallest absolute Gasteiger partial charge is 0.00147 e. The van der Waals surface area contributed by atoms with Gasteiger partial charge >= 0.3 is 0 Å². The molecule has 1 heteroatoms. The van der Waals surface area contributed by atoms with E-state index in [0.29, 0.717) is 0 Å². The monoisotopic (exact) mass is 191 g/mol. The molecule has 14 heavy (non-hydrogen) atoms. The van der Waals surface area contributed by atoms with Gasteiger partial charge < -0.3 is 5.32 Å². The quantitative estimate of drug-likeness (QED) is 0.719. The minimum Gasteiger partial charge on any atom is -0.316 e. The first-order valence-corrected chi connectivity index (χ1v) is 6.64. The first kappa shape index (κ1) is 8.15. The van der Waals surface area contributed by atoms with Crippen molar-refractivity contribution in [1.82, 2.24) is 5.32 Å². The molecule has 4 atom stereocenters. The molecule has 0 aliphatic heterocycles. The van der Waals surface area contributed by atoms with Gasteiger partial charge in [0.05, 0.1) is 0 Å². The van der Waals surface area contributed by atoms with E-state index in [0.717, 1.165) is 23.7 Å². The third-order valence-corrected chi connectivity index (χ3v) is 5.40. The van der Waals surface area contributed by atoms with Crippen LogP contribution in [0.15, 0.2) is 0 Å². The second-order valence-corrected chi connectivity index (χ2v) is 6.25. The Labute approximate surface area is 86.6 Å². The van der Waals surface area contributed by atoms with Gasteiger partial charge in [0.2, 0.25) is 0 Å². The molecule has 0 radical (unpaired) electrons. The van der Waals surface area contributed by atoms with E-state index in [1.54, 1.807) is 19.3 Å². The first-order chi connectivity index (χ1) is 6.93. The fourth-order valence-corrected chi connectivity index (χ4v) is 4.56. The van der Waals surface area contributed by atoms with Crippen molar-refractivity contribution in [2.75, 3.05) is 13.1 Å². The maximum Gasteiger partial charge on any atom is -0.00147 e. The molecule has 0 heterocycles. The molecule has 1 N–H and O–H groups in total. The summed E-state index contributed by atoms with van der Waals surface area (Å²) >= 11 is 0. The largest absolute Gasteiger partial charge is 0.316 e. The summed E-state index contributed by atoms with van der Waals surface area (Å²) in [5.41, 5.74) is 0. The van der Waals surface area contributed by atoms with Crippen molar-refractivity contribution in [2.24, 2.45) is 35.5 Å². The molecule has 0 spiro atoms. The van der Waals surface area contributed by atoms with Gasteiger partial charge in [-0.15, -0.1) is 0 Å². The molecular formula is C13H21N. The second kappa shape index (κ2) is 2.75. The molecule has 4 aliphatic carbocycles. The van der Waals surface area contributed by atoms with E-state index in [-0.39, 0.29) is 0 Å². The van der Waals surface area contributed by atoms with Crippen LogP contribution in [0.5, 0.6) is 0 Å². The van der Waals surface area contributed by atoms with Crippen molar-refractivity contribution in [3.8, 4) is 0 Å². The van der Waals surface area contributed by atoms with Crippen LogP contribution in [0.2, 0.25) is 0 Å². The highest BCUT2D eigenvalue weighted by molar-refractivity contribution is 5.13. The Morgan fingerprint density at radius 2 is 1.57 bits per heavy atom. The Kier molecular flexibility index (Phi) is 1.60. The molecule has 0 aromatic rings. The zero-order chi connectivity index (χ0) is 9.12. The summed E-state index contributed by atoms with van der Waals surface area (Å²) in [5, 5.41) is 3.71. The third-order valence-electron chi connectivity index (χ3n) is 5.40. The molecule has 0 aromatic carbocycles. The van der Waals surface area contributed by atoms with Crippen molar-refractivity contribution >= 4 is 0 Å². The van der Waals surface area contributed by atoms with Crippen molar-refractivity contribution in [1.29, 1.82) is 0 Å². The summed E-state index contributed by atoms with van der Waals surface area (Å²) in [5.74, 6) is 6.86. The molecule has 1 nitrogen and oxygen atoms in total. The maximum atomic E-state index is 3.71. The molecule has 4 aliphatic rings. The highest BCUT2D eigenvalue weighted by Gasteiger charge is 2.64. The van der Waals surface area contributed by atoms with Crippen molar-refractivity contribution in [3.05, 3.63) is 0 Å². The SMILES string of the molecule is C1CC1CNCC1C2C3CCC(C3)C12. The summed E-state index contributed by atoms with van der Waals surface area (Å²) < 4.78 is 0. The molecule has 4 rings (SSSR count). The van der Waals surface area contributed by atoms with E-state index in [2.05, 4.69) is 5.32 Å². The van der Waals surface area contributed by atoms with Crippen LogP contribution in [-0.2, 0) is 0 Å². The fourth-order valence-electron chi connectivity index (χ4n) is 4.56. The predicted molar refractivity (Wildman–Crippen MR) is 56.9 cm³/mol. The summed E-state index contributed by atoms with van der Waals surface area (Å²) in [6.45, 7) is 2.68. The lowest BCUT2D eigenvalue weighted by Crippen LogP contribution is -2.22. The summed E-state index contributed by atoms with van der Waals surface area (Å²) in [7, 11) is 0. The summed E-state index contributed by atoms with van der Waals surface area (Å²) in [6.07, 6.45) is 7.75. The highest BCUT2D eigenvalue weighted by atomic mass is 14.9. The molecule has 4 unspecified atom stereocenters. The highest BCUT2D eigenvalue weighted by Crippen LogP contribution is 2.69. The Balaban J connectivity index is 1.29. The molecule has 2 bridgehead atoms. The number of fused-ring (bicyclic) bond motifs is 5. The minimum absolute atomic E-state index is 1.06. The topological polar surface area (TPSA) is 12.0 Å². The number of hydrogen-bond donors (Lipinski definition) is 1. The van der Waals surface area contributed by atoms with E-state index in [9.17, 15) is 0 Å². The number of nitrogens with one attached hydrogen (secondary N) is 1. The lowest BCUT2D eigenvalue weighted by atomic mass is 10.0. The van der Waals surface area contributed by atoms with Crippen LogP contribution >= 0.6 is 0 Å². The van der Waals surface area contributed by atoms with Gasteiger partial charge in [-0.1, -0.05) is 0 Å². The van der Waals surface area contributed by atoms with Crippen LogP contribution in [-0.4, -0.2) is 13.1 Å². The molecule has 0 amide bonds. The van der Waals surface area contributed by atoms with Gasteiger partial charge in [0.1, 0.15) is 0 Å². The zero-order valence-corrected chi connectivity index (χ0v) is 8.91. The lowest BCUT2D eigenvalue weighted by Gasteiger charge is -2.09. The van der Waals surface area contributed by atoms with Crippen LogP contribution in [0, 0.1) is 35.5 Å². The Morgan fingerprint density at radius 3 is 2.21 bits per heavy atom. The predicted octanol–water partition coefficient (Wildman–Crippen LogP) is 2.28. The average molecular weight is 191 g/mol. The Morgan fingerprint density at radius 1 is 0.857 bits per heavy atom. The summed E-state index contributed by atoms with van der Waals surface area (Å²) in [6, 6.07) is 0. The van der Waals surface area contributed by atoms with E-state index >= 15 is 0 Å². The van der Waals surface area contributed by atoms with Gasteiger partial charge in [-0.2, -0.15) is 0 Å². The maximum absolute atomic E-state index is 3.71. The van der Waals surface area contributed by atoms with Crippen LogP contribution < -0.4 is 5.32 Å². The van der Waals surface area contributed by atoms with Gasteiger partial charge in [0.15, 0.2) is 0 Å². The van der Waals surface area contributed by atoms with Gasteiger partial charge in [0, 0.05) is 0 Å². The van der Waals surface area contributed by atoms with Crippen molar-refractivity contribution in [3.63, 3.8) is 0 Å². The standard InChI is InChI=1S/C13H21N/c1-2-8(1)6-14-7-11-12-9-3-4-10(5-9)13(11)12/h8-14H,1-7H2. The molecule has 4 fully saturated rings. The molecule has 0 saturated heterocycles. The lowest BCUT2D eigenvalue weighted by molar-refractivity contribution is 0.440. The van der Waals surface area contributed by atoms with Gasteiger partial charge in [0.25, 0.3) is 0 Å². The summed E-state index contributed by atoms with van der Waals surface area (Å²) in [4.78, 5) is 0. The fraction of sp³-hybridized carbons (Fsp3) is 1.00. The van der Waals surface area contributed by atoms with E-state index < -0.39 is 0 Å². The number of hydrogen-bond acceptors (Lipinski definition) is 1. The third kappa shape index (κ3) is 1.11. The molecule has 4 saturated carbocycles. The minimum atomic E-state index is 1.06. The molecular weight excluding hydrogens is 170 g/mol. The van der Waals surface area contributed by atoms with Gasteiger partial charge in [-0.3, -0.25) is 0 Å². The van der Waals surface area contributed by atoms with E-state index in [4.69, 9.17) is 0 Å². The van der Waals surface area contributed by atoms with E-state index in [1.165, 1.54) is 37.8 Å². The Bertz CT molecular complexity index is 230.